The Bertz CT molecular complexity index is 1030. The number of para-hydroxylation sites is 1. The fourth-order valence-corrected chi connectivity index (χ4v) is 2.96. The largest absolute Gasteiger partial charge is 0.477 e. The first-order valence-corrected chi connectivity index (χ1v) is 8.19. The number of anilines is 1. The first kappa shape index (κ1) is 16.2. The molecule has 8 heteroatoms. The molecule has 1 fully saturated rings. The Morgan fingerprint density at radius 2 is 1.88 bits per heavy atom. The molecule has 132 valence electrons. The average molecular weight is 352 g/mol. The number of nitrogens with zero attached hydrogens (tertiary/aromatic N) is 4. The van der Waals surface area contributed by atoms with Gasteiger partial charge >= 0.3 is 5.97 Å². The van der Waals surface area contributed by atoms with E-state index in [0.29, 0.717) is 43.6 Å². The van der Waals surface area contributed by atoms with Crippen LogP contribution in [-0.4, -0.2) is 51.9 Å². The lowest BCUT2D eigenvalue weighted by Gasteiger charge is -2.27. The minimum atomic E-state index is -1.28. The van der Waals surface area contributed by atoms with Gasteiger partial charge in [0.15, 0.2) is 5.65 Å². The maximum absolute atomic E-state index is 12.5. The van der Waals surface area contributed by atoms with Gasteiger partial charge in [0.25, 0.3) is 0 Å². The maximum atomic E-state index is 12.5. The number of ether oxygens (including phenoxy) is 1. The van der Waals surface area contributed by atoms with Crippen molar-refractivity contribution in [2.45, 2.75) is 0 Å². The van der Waals surface area contributed by atoms with E-state index in [1.54, 1.807) is 4.57 Å². The van der Waals surface area contributed by atoms with Crippen molar-refractivity contribution in [3.8, 4) is 5.69 Å². The van der Waals surface area contributed by atoms with Crippen LogP contribution in [0.2, 0.25) is 0 Å². The molecule has 3 aromatic rings. The van der Waals surface area contributed by atoms with E-state index in [2.05, 4.69) is 9.97 Å². The number of carbonyl (C=O) groups is 1. The number of pyridine rings is 1. The summed E-state index contributed by atoms with van der Waals surface area (Å²) < 4.78 is 6.96. The van der Waals surface area contributed by atoms with E-state index in [9.17, 15) is 14.7 Å². The number of hydrogen-bond acceptors (Lipinski definition) is 6. The highest BCUT2D eigenvalue weighted by atomic mass is 16.5. The zero-order valence-corrected chi connectivity index (χ0v) is 13.8. The maximum Gasteiger partial charge on any atom is 0.341 e. The standard InChI is InChI=1S/C18H16N4O4/c23-15-13-10-19-18(21-6-8-26-9-7-21)20-16(13)22(11-14(15)17(24)25)12-4-2-1-3-5-12/h1-5,10-11H,6-9H2,(H,24,25). The summed E-state index contributed by atoms with van der Waals surface area (Å²) in [5.41, 5.74) is 0.187. The van der Waals surface area contributed by atoms with Gasteiger partial charge in [-0.3, -0.25) is 4.79 Å². The van der Waals surface area contributed by atoms with Gasteiger partial charge in [-0.2, -0.15) is 4.98 Å². The summed E-state index contributed by atoms with van der Waals surface area (Å²) in [6.07, 6.45) is 2.72. The van der Waals surface area contributed by atoms with Gasteiger partial charge in [-0.1, -0.05) is 18.2 Å². The Morgan fingerprint density at radius 3 is 2.58 bits per heavy atom. The summed E-state index contributed by atoms with van der Waals surface area (Å²) in [5.74, 6) is -0.785. The summed E-state index contributed by atoms with van der Waals surface area (Å²) in [6.45, 7) is 2.50. The third kappa shape index (κ3) is 2.80. The summed E-state index contributed by atoms with van der Waals surface area (Å²) in [6, 6.07) is 9.19. The highest BCUT2D eigenvalue weighted by molar-refractivity contribution is 5.92. The number of aromatic carboxylic acids is 1. The number of hydrogen-bond donors (Lipinski definition) is 1. The molecule has 1 saturated heterocycles. The van der Waals surface area contributed by atoms with Crippen molar-refractivity contribution in [2.75, 3.05) is 31.2 Å². The van der Waals surface area contributed by atoms with E-state index in [4.69, 9.17) is 4.74 Å². The third-order valence-corrected chi connectivity index (χ3v) is 4.29. The van der Waals surface area contributed by atoms with Gasteiger partial charge < -0.3 is 19.3 Å². The Morgan fingerprint density at radius 1 is 1.15 bits per heavy atom. The summed E-state index contributed by atoms with van der Waals surface area (Å²) in [4.78, 5) is 34.8. The number of carboxylic acid groups (broad SMARTS) is 1. The molecule has 2 aromatic heterocycles. The van der Waals surface area contributed by atoms with Crippen molar-refractivity contribution in [3.63, 3.8) is 0 Å². The van der Waals surface area contributed by atoms with Gasteiger partial charge in [-0.15, -0.1) is 0 Å². The van der Waals surface area contributed by atoms with Gasteiger partial charge in [0.1, 0.15) is 5.56 Å². The molecular formula is C18H16N4O4. The molecule has 0 spiro atoms. The minimum absolute atomic E-state index is 0.172. The molecule has 0 amide bonds. The second-order valence-electron chi connectivity index (χ2n) is 5.89. The van der Waals surface area contributed by atoms with Crippen molar-refractivity contribution < 1.29 is 14.6 Å². The van der Waals surface area contributed by atoms with Crippen LogP contribution in [0.15, 0.2) is 47.5 Å². The van der Waals surface area contributed by atoms with E-state index in [1.807, 2.05) is 35.2 Å². The van der Waals surface area contributed by atoms with Crippen molar-refractivity contribution >= 4 is 23.0 Å². The van der Waals surface area contributed by atoms with Crippen LogP contribution in [0.5, 0.6) is 0 Å². The smallest absolute Gasteiger partial charge is 0.341 e. The van der Waals surface area contributed by atoms with Crippen LogP contribution in [0, 0.1) is 0 Å². The molecule has 0 saturated carbocycles. The van der Waals surface area contributed by atoms with Crippen LogP contribution in [0.1, 0.15) is 10.4 Å². The molecular weight excluding hydrogens is 336 g/mol. The van der Waals surface area contributed by atoms with Crippen LogP contribution in [0.25, 0.3) is 16.7 Å². The van der Waals surface area contributed by atoms with Gasteiger partial charge in [0, 0.05) is 31.2 Å². The zero-order valence-electron chi connectivity index (χ0n) is 13.8. The number of aromatic nitrogens is 3. The second-order valence-corrected chi connectivity index (χ2v) is 5.89. The van der Waals surface area contributed by atoms with Crippen LogP contribution in [0.4, 0.5) is 5.95 Å². The fraction of sp³-hybridized carbons (Fsp3) is 0.222. The van der Waals surface area contributed by atoms with E-state index in [1.165, 1.54) is 12.4 Å². The molecule has 4 rings (SSSR count). The van der Waals surface area contributed by atoms with Crippen molar-refractivity contribution in [2.24, 2.45) is 0 Å². The average Bonchev–Trinajstić information content (AvgIpc) is 2.69. The quantitative estimate of drug-likeness (QED) is 0.759. The molecule has 0 unspecified atom stereocenters. The zero-order chi connectivity index (χ0) is 18.1. The second kappa shape index (κ2) is 6.57. The highest BCUT2D eigenvalue weighted by Crippen LogP contribution is 2.19. The summed E-state index contributed by atoms with van der Waals surface area (Å²) >= 11 is 0. The van der Waals surface area contributed by atoms with Gasteiger partial charge in [0.05, 0.1) is 18.6 Å². The molecule has 1 aromatic carbocycles. The Labute approximate surface area is 148 Å². The van der Waals surface area contributed by atoms with Gasteiger partial charge in [-0.25, -0.2) is 9.78 Å². The monoisotopic (exact) mass is 352 g/mol. The lowest BCUT2D eigenvalue weighted by atomic mass is 10.2. The van der Waals surface area contributed by atoms with Gasteiger partial charge in [-0.05, 0) is 12.1 Å². The number of benzene rings is 1. The molecule has 3 heterocycles. The topological polar surface area (TPSA) is 97.6 Å². The molecule has 1 aliphatic heterocycles. The number of rotatable bonds is 3. The van der Waals surface area contributed by atoms with Crippen LogP contribution >= 0.6 is 0 Å². The SMILES string of the molecule is O=C(O)c1cn(-c2ccccc2)c2nc(N3CCOCC3)ncc2c1=O. The molecule has 1 N–H and O–H groups in total. The molecule has 26 heavy (non-hydrogen) atoms. The summed E-state index contributed by atoms with van der Waals surface area (Å²) in [7, 11) is 0. The lowest BCUT2D eigenvalue weighted by molar-refractivity contribution is 0.0695. The van der Waals surface area contributed by atoms with E-state index in [-0.39, 0.29) is 10.9 Å². The van der Waals surface area contributed by atoms with E-state index < -0.39 is 11.4 Å². The highest BCUT2D eigenvalue weighted by Gasteiger charge is 2.19. The van der Waals surface area contributed by atoms with Crippen molar-refractivity contribution in [3.05, 3.63) is 58.5 Å². The fourth-order valence-electron chi connectivity index (χ4n) is 2.96. The third-order valence-electron chi connectivity index (χ3n) is 4.29. The predicted octanol–water partition coefficient (Wildman–Crippen LogP) is 1.32. The molecule has 1 aliphatic rings. The van der Waals surface area contributed by atoms with Crippen molar-refractivity contribution in [1.29, 1.82) is 0 Å². The number of fused-ring (bicyclic) bond motifs is 1. The molecule has 0 atom stereocenters. The first-order valence-electron chi connectivity index (χ1n) is 8.19. The molecule has 0 aliphatic carbocycles. The Kier molecular flexibility index (Phi) is 4.10. The molecule has 0 radical (unpaired) electrons. The van der Waals surface area contributed by atoms with Crippen LogP contribution < -0.4 is 10.3 Å². The lowest BCUT2D eigenvalue weighted by Crippen LogP contribution is -2.37. The normalized spacial score (nSPS) is 14.5. The molecule has 0 bridgehead atoms. The van der Waals surface area contributed by atoms with Gasteiger partial charge in [0.2, 0.25) is 11.4 Å². The number of morpholine rings is 1. The Balaban J connectivity index is 1.97. The summed E-state index contributed by atoms with van der Waals surface area (Å²) in [5, 5.41) is 9.55. The van der Waals surface area contributed by atoms with Crippen molar-refractivity contribution in [1.82, 2.24) is 14.5 Å². The van der Waals surface area contributed by atoms with Crippen LogP contribution in [0.3, 0.4) is 0 Å². The van der Waals surface area contributed by atoms with E-state index >= 15 is 0 Å². The minimum Gasteiger partial charge on any atom is -0.477 e. The Hall–Kier alpha value is -3.26. The predicted molar refractivity (Wildman–Crippen MR) is 95.1 cm³/mol. The number of carboxylic acids is 1. The first-order chi connectivity index (χ1) is 12.6. The van der Waals surface area contributed by atoms with Crippen LogP contribution in [-0.2, 0) is 4.74 Å². The van der Waals surface area contributed by atoms with E-state index in [0.717, 1.165) is 0 Å². The molecule has 8 nitrogen and oxygen atoms in total.